The van der Waals surface area contributed by atoms with Crippen LogP contribution in [0, 0.1) is 0 Å². The second kappa shape index (κ2) is 11.3. The molecule has 0 aliphatic heterocycles. The second-order valence-corrected chi connectivity index (χ2v) is 8.15. The number of ether oxygens (including phenoxy) is 4. The third-order valence-electron chi connectivity index (χ3n) is 5.72. The van der Waals surface area contributed by atoms with Crippen LogP contribution >= 0.6 is 0 Å². The number of hydrogen-bond donors (Lipinski definition) is 1. The molecule has 35 heavy (non-hydrogen) atoms. The van der Waals surface area contributed by atoms with Crippen LogP contribution in [0.4, 0.5) is 13.2 Å². The van der Waals surface area contributed by atoms with Crippen LogP contribution in [-0.4, -0.2) is 44.1 Å². The smallest absolute Gasteiger partial charge is 0.493 e. The van der Waals surface area contributed by atoms with Gasteiger partial charge in [0.25, 0.3) is 5.91 Å². The molecule has 0 saturated heterocycles. The minimum atomic E-state index is -4.81. The highest BCUT2D eigenvalue weighted by Crippen LogP contribution is 2.39. The zero-order chi connectivity index (χ0) is 25.6. The van der Waals surface area contributed by atoms with E-state index >= 15 is 0 Å². The number of methoxy groups -OCH3 is 1. The van der Waals surface area contributed by atoms with Crippen LogP contribution in [0.5, 0.6) is 17.2 Å². The molecule has 0 bridgehead atoms. The molecule has 3 unspecified atom stereocenters. The van der Waals surface area contributed by atoms with Crippen molar-refractivity contribution >= 4 is 11.9 Å². The molecule has 3 atom stereocenters. The minimum absolute atomic E-state index is 0.199. The highest BCUT2D eigenvalue weighted by Gasteiger charge is 2.35. The molecule has 1 aliphatic carbocycles. The molecule has 7 nitrogen and oxygen atoms in total. The summed E-state index contributed by atoms with van der Waals surface area (Å²) in [5, 5.41) is 2.99. The van der Waals surface area contributed by atoms with Crippen molar-refractivity contribution in [3.8, 4) is 17.2 Å². The van der Waals surface area contributed by atoms with Gasteiger partial charge >= 0.3 is 12.3 Å². The molecule has 1 N–H and O–H groups in total. The first-order chi connectivity index (χ1) is 16.6. The summed E-state index contributed by atoms with van der Waals surface area (Å²) in [6, 6.07) is 9.95. The normalized spacial score (nSPS) is 20.0. The van der Waals surface area contributed by atoms with E-state index in [9.17, 15) is 22.8 Å². The molecule has 1 fully saturated rings. The van der Waals surface area contributed by atoms with E-state index in [1.807, 2.05) is 19.1 Å². The molecular weight excluding hydrogens is 467 g/mol. The lowest BCUT2D eigenvalue weighted by Gasteiger charge is -2.36. The van der Waals surface area contributed by atoms with Gasteiger partial charge in [-0.2, -0.15) is 0 Å². The van der Waals surface area contributed by atoms with Crippen LogP contribution in [0.15, 0.2) is 42.5 Å². The van der Waals surface area contributed by atoms with Crippen molar-refractivity contribution < 1.29 is 41.7 Å². The Morgan fingerprint density at radius 3 is 2.37 bits per heavy atom. The first-order valence-electron chi connectivity index (χ1n) is 11.2. The molecule has 0 spiro atoms. The summed E-state index contributed by atoms with van der Waals surface area (Å²) in [5.41, 5.74) is 1.08. The summed E-state index contributed by atoms with van der Waals surface area (Å²) in [6.07, 6.45) is -3.52. The molecule has 0 radical (unpaired) electrons. The Kier molecular flexibility index (Phi) is 8.48. The lowest BCUT2D eigenvalue weighted by Crippen LogP contribution is -2.44. The van der Waals surface area contributed by atoms with Crippen LogP contribution < -0.4 is 19.5 Å². The van der Waals surface area contributed by atoms with Crippen LogP contribution in [0.2, 0.25) is 0 Å². The maximum atomic E-state index is 12.9. The van der Waals surface area contributed by atoms with Crippen molar-refractivity contribution in [3.05, 3.63) is 53.6 Å². The van der Waals surface area contributed by atoms with Crippen LogP contribution in [0.25, 0.3) is 0 Å². The van der Waals surface area contributed by atoms with Gasteiger partial charge in [0.2, 0.25) is 0 Å². The topological polar surface area (TPSA) is 83.1 Å². The quantitative estimate of drug-likeness (QED) is 0.520. The molecule has 2 aromatic carbocycles. The van der Waals surface area contributed by atoms with E-state index in [2.05, 4.69) is 10.1 Å². The summed E-state index contributed by atoms with van der Waals surface area (Å²) in [7, 11) is 1.54. The summed E-state index contributed by atoms with van der Waals surface area (Å²) >= 11 is 0. The van der Waals surface area contributed by atoms with E-state index in [-0.39, 0.29) is 29.6 Å². The van der Waals surface area contributed by atoms with Gasteiger partial charge in [0.15, 0.2) is 11.5 Å². The lowest BCUT2D eigenvalue weighted by atomic mass is 9.78. The number of carbonyl (C=O) groups excluding carboxylic acids is 2. The highest BCUT2D eigenvalue weighted by atomic mass is 19.4. The minimum Gasteiger partial charge on any atom is -0.493 e. The molecule has 1 aliphatic rings. The standard InChI is InChI=1S/C25H28F3NO6/c1-4-33-23-13-17(7-12-22(23)32-3)20-14-19(34-15(2)30)10-11-21(20)29-24(31)16-5-8-18(9-6-16)35-25(26,27)28/h5-9,12-13,19-21H,4,10-11,14H2,1-3H3,(H,29,31). The van der Waals surface area contributed by atoms with Crippen LogP contribution in [-0.2, 0) is 9.53 Å². The van der Waals surface area contributed by atoms with Gasteiger partial charge in [0, 0.05) is 24.4 Å². The van der Waals surface area contributed by atoms with Crippen molar-refractivity contribution in [1.29, 1.82) is 0 Å². The molecule has 10 heteroatoms. The highest BCUT2D eigenvalue weighted by molar-refractivity contribution is 5.94. The van der Waals surface area contributed by atoms with Crippen LogP contribution in [0.3, 0.4) is 0 Å². The summed E-state index contributed by atoms with van der Waals surface area (Å²) in [5.74, 6) is -0.271. The Balaban J connectivity index is 1.81. The molecule has 3 rings (SSSR count). The number of halogens is 3. The monoisotopic (exact) mass is 495 g/mol. The van der Waals surface area contributed by atoms with Crippen molar-refractivity contribution in [2.24, 2.45) is 0 Å². The zero-order valence-corrected chi connectivity index (χ0v) is 19.7. The number of esters is 1. The van der Waals surface area contributed by atoms with E-state index in [1.165, 1.54) is 19.1 Å². The van der Waals surface area contributed by atoms with Gasteiger partial charge in [0.1, 0.15) is 11.9 Å². The van der Waals surface area contributed by atoms with Crippen LogP contribution in [0.1, 0.15) is 54.9 Å². The number of alkyl halides is 3. The third kappa shape index (κ3) is 7.27. The van der Waals surface area contributed by atoms with Crippen molar-refractivity contribution in [3.63, 3.8) is 0 Å². The van der Waals surface area contributed by atoms with Gasteiger partial charge in [-0.25, -0.2) is 0 Å². The average Bonchev–Trinajstić information content (AvgIpc) is 2.79. The zero-order valence-electron chi connectivity index (χ0n) is 19.7. The van der Waals surface area contributed by atoms with Gasteiger partial charge in [0.05, 0.1) is 13.7 Å². The number of carbonyl (C=O) groups is 2. The van der Waals surface area contributed by atoms with Crippen molar-refractivity contribution in [2.45, 2.75) is 57.5 Å². The third-order valence-corrected chi connectivity index (χ3v) is 5.72. The van der Waals surface area contributed by atoms with E-state index in [4.69, 9.17) is 14.2 Å². The molecule has 1 saturated carbocycles. The largest absolute Gasteiger partial charge is 0.573 e. The van der Waals surface area contributed by atoms with Gasteiger partial charge in [-0.05, 0) is 68.1 Å². The van der Waals surface area contributed by atoms with Crippen molar-refractivity contribution in [2.75, 3.05) is 13.7 Å². The Morgan fingerprint density at radius 2 is 1.77 bits per heavy atom. The molecule has 2 aromatic rings. The van der Waals surface area contributed by atoms with E-state index in [0.29, 0.717) is 37.4 Å². The van der Waals surface area contributed by atoms with E-state index in [0.717, 1.165) is 17.7 Å². The molecule has 0 heterocycles. The van der Waals surface area contributed by atoms with Gasteiger partial charge < -0.3 is 24.3 Å². The maximum absolute atomic E-state index is 12.9. The number of amides is 1. The van der Waals surface area contributed by atoms with Gasteiger partial charge in [-0.15, -0.1) is 13.2 Å². The van der Waals surface area contributed by atoms with Gasteiger partial charge in [-0.1, -0.05) is 6.07 Å². The Morgan fingerprint density at radius 1 is 1.06 bits per heavy atom. The average molecular weight is 495 g/mol. The predicted octanol–water partition coefficient (Wildman–Crippen LogP) is 4.99. The number of nitrogens with one attached hydrogen (secondary N) is 1. The first kappa shape index (κ1) is 26.2. The number of benzene rings is 2. The fraction of sp³-hybridized carbons (Fsp3) is 0.440. The second-order valence-electron chi connectivity index (χ2n) is 8.15. The van der Waals surface area contributed by atoms with E-state index in [1.54, 1.807) is 13.2 Å². The Bertz CT molecular complexity index is 1020. The molecule has 0 aromatic heterocycles. The number of rotatable bonds is 8. The van der Waals surface area contributed by atoms with Crippen molar-refractivity contribution in [1.82, 2.24) is 5.32 Å². The Hall–Kier alpha value is -3.43. The maximum Gasteiger partial charge on any atom is 0.573 e. The molecular formula is C25H28F3NO6. The summed E-state index contributed by atoms with van der Waals surface area (Å²) in [4.78, 5) is 24.4. The Labute approximate surface area is 201 Å². The van der Waals surface area contributed by atoms with Gasteiger partial charge in [-0.3, -0.25) is 9.59 Å². The predicted molar refractivity (Wildman–Crippen MR) is 121 cm³/mol. The SMILES string of the molecule is CCOc1cc(C2CC(OC(C)=O)CCC2NC(=O)c2ccc(OC(F)(F)F)cc2)ccc1OC. The summed E-state index contributed by atoms with van der Waals surface area (Å²) in [6.45, 7) is 3.65. The fourth-order valence-electron chi connectivity index (χ4n) is 4.27. The van der Waals surface area contributed by atoms with E-state index < -0.39 is 18.0 Å². The lowest BCUT2D eigenvalue weighted by molar-refractivity contribution is -0.274. The summed E-state index contributed by atoms with van der Waals surface area (Å²) < 4.78 is 57.6. The molecule has 1 amide bonds. The molecule has 190 valence electrons. The first-order valence-corrected chi connectivity index (χ1v) is 11.2. The fourth-order valence-corrected chi connectivity index (χ4v) is 4.27. The number of hydrogen-bond acceptors (Lipinski definition) is 6.